The molecule has 1 aromatic heterocycles. The highest BCUT2D eigenvalue weighted by atomic mass is 19.1. The summed E-state index contributed by atoms with van der Waals surface area (Å²) >= 11 is 0. The van der Waals surface area contributed by atoms with E-state index in [1.165, 1.54) is 25.1 Å². The van der Waals surface area contributed by atoms with E-state index in [1.807, 2.05) is 0 Å². The van der Waals surface area contributed by atoms with Crippen molar-refractivity contribution < 1.29 is 4.39 Å². The molecule has 6 heteroatoms. The second kappa shape index (κ2) is 5.81. The van der Waals surface area contributed by atoms with Crippen molar-refractivity contribution in [1.29, 1.82) is 0 Å². The van der Waals surface area contributed by atoms with Crippen LogP contribution in [0.5, 0.6) is 0 Å². The number of hydrogen-bond donors (Lipinski definition) is 2. The van der Waals surface area contributed by atoms with Gasteiger partial charge in [-0.2, -0.15) is 10.1 Å². The molecule has 1 aromatic carbocycles. The molecule has 0 atom stereocenters. The predicted molar refractivity (Wildman–Crippen MR) is 75.4 cm³/mol. The zero-order chi connectivity index (χ0) is 13.8. The van der Waals surface area contributed by atoms with Crippen LogP contribution in [0.4, 0.5) is 21.8 Å². The molecule has 1 aliphatic carbocycles. The zero-order valence-electron chi connectivity index (χ0n) is 11.0. The van der Waals surface area contributed by atoms with Crippen LogP contribution in [0.15, 0.2) is 30.5 Å². The van der Waals surface area contributed by atoms with E-state index in [1.54, 1.807) is 18.2 Å². The first kappa shape index (κ1) is 12.8. The Hall–Kier alpha value is -2.24. The Balaban J connectivity index is 1.72. The minimum absolute atomic E-state index is 0.323. The van der Waals surface area contributed by atoms with Crippen LogP contribution in [0, 0.1) is 5.82 Å². The number of aromatic nitrogens is 3. The summed E-state index contributed by atoms with van der Waals surface area (Å²) in [6.07, 6.45) is 6.21. The Bertz CT molecular complexity index is 583. The minimum Gasteiger partial charge on any atom is -0.350 e. The van der Waals surface area contributed by atoms with Crippen LogP contribution in [0.2, 0.25) is 0 Å². The summed E-state index contributed by atoms with van der Waals surface area (Å²) < 4.78 is 13.6. The van der Waals surface area contributed by atoms with Crippen molar-refractivity contribution in [3.63, 3.8) is 0 Å². The van der Waals surface area contributed by atoms with Gasteiger partial charge in [-0.15, -0.1) is 5.10 Å². The van der Waals surface area contributed by atoms with Crippen LogP contribution in [-0.2, 0) is 0 Å². The van der Waals surface area contributed by atoms with Crippen molar-refractivity contribution in [1.82, 2.24) is 15.2 Å². The summed E-state index contributed by atoms with van der Waals surface area (Å²) in [6.45, 7) is 0. The van der Waals surface area contributed by atoms with Gasteiger partial charge in [-0.3, -0.25) is 0 Å². The molecule has 0 amide bonds. The molecule has 5 nitrogen and oxygen atoms in total. The summed E-state index contributed by atoms with van der Waals surface area (Å²) in [5.74, 6) is 0.639. The van der Waals surface area contributed by atoms with Gasteiger partial charge in [-0.05, 0) is 25.0 Å². The Kier molecular flexibility index (Phi) is 3.71. The zero-order valence-corrected chi connectivity index (χ0v) is 11.0. The molecular weight excluding hydrogens is 257 g/mol. The van der Waals surface area contributed by atoms with Gasteiger partial charge in [0.2, 0.25) is 5.95 Å². The molecular formula is C14H16FN5. The van der Waals surface area contributed by atoms with Crippen LogP contribution >= 0.6 is 0 Å². The molecule has 20 heavy (non-hydrogen) atoms. The third kappa shape index (κ3) is 3.01. The molecule has 2 N–H and O–H groups in total. The second-order valence-corrected chi connectivity index (χ2v) is 4.90. The number of nitrogens with one attached hydrogen (secondary N) is 2. The molecule has 3 rings (SSSR count). The van der Waals surface area contributed by atoms with Gasteiger partial charge in [0.15, 0.2) is 5.82 Å². The molecule has 0 spiro atoms. The van der Waals surface area contributed by atoms with Crippen LogP contribution in [0.1, 0.15) is 25.7 Å². The first-order chi connectivity index (χ1) is 9.81. The maximum Gasteiger partial charge on any atom is 0.244 e. The van der Waals surface area contributed by atoms with Crippen molar-refractivity contribution in [3.05, 3.63) is 36.3 Å². The van der Waals surface area contributed by atoms with E-state index in [9.17, 15) is 4.39 Å². The lowest BCUT2D eigenvalue weighted by Gasteiger charge is -2.12. The molecule has 2 aromatic rings. The summed E-state index contributed by atoms with van der Waals surface area (Å²) in [5.41, 5.74) is 0.375. The summed E-state index contributed by atoms with van der Waals surface area (Å²) in [6, 6.07) is 6.88. The fourth-order valence-corrected chi connectivity index (χ4v) is 2.38. The lowest BCUT2D eigenvalue weighted by Crippen LogP contribution is -2.17. The van der Waals surface area contributed by atoms with Gasteiger partial charge in [-0.25, -0.2) is 4.39 Å². The number of nitrogens with zero attached hydrogens (tertiary/aromatic N) is 3. The largest absolute Gasteiger partial charge is 0.350 e. The molecule has 104 valence electrons. The lowest BCUT2D eigenvalue weighted by molar-refractivity contribution is 0.631. The molecule has 0 saturated heterocycles. The molecule has 0 radical (unpaired) electrons. The number of hydrogen-bond acceptors (Lipinski definition) is 5. The molecule has 1 aliphatic rings. The average Bonchev–Trinajstić information content (AvgIpc) is 2.95. The van der Waals surface area contributed by atoms with Gasteiger partial charge in [0.1, 0.15) is 5.82 Å². The fraction of sp³-hybridized carbons (Fsp3) is 0.357. The highest BCUT2D eigenvalue weighted by molar-refractivity contribution is 5.56. The highest BCUT2D eigenvalue weighted by Crippen LogP contribution is 2.22. The molecule has 0 aliphatic heterocycles. The number of para-hydroxylation sites is 1. The summed E-state index contributed by atoms with van der Waals surface area (Å²) in [5, 5.41) is 14.0. The number of anilines is 3. The van der Waals surface area contributed by atoms with E-state index < -0.39 is 0 Å². The summed E-state index contributed by atoms with van der Waals surface area (Å²) in [4.78, 5) is 4.31. The van der Waals surface area contributed by atoms with Gasteiger partial charge >= 0.3 is 0 Å². The van der Waals surface area contributed by atoms with Gasteiger partial charge < -0.3 is 10.6 Å². The SMILES string of the molecule is Fc1ccccc1Nc1cnnc(NC2CCCC2)n1. The average molecular weight is 273 g/mol. The first-order valence-corrected chi connectivity index (χ1v) is 6.79. The molecule has 1 saturated carbocycles. The van der Waals surface area contributed by atoms with Crippen molar-refractivity contribution in [2.75, 3.05) is 10.6 Å². The Morgan fingerprint density at radius 1 is 1.15 bits per heavy atom. The molecule has 1 fully saturated rings. The van der Waals surface area contributed by atoms with Crippen molar-refractivity contribution >= 4 is 17.5 Å². The third-order valence-corrected chi connectivity index (χ3v) is 3.38. The van der Waals surface area contributed by atoms with Crippen LogP contribution in [0.3, 0.4) is 0 Å². The normalized spacial score (nSPS) is 15.2. The van der Waals surface area contributed by atoms with Crippen LogP contribution in [0.25, 0.3) is 0 Å². The third-order valence-electron chi connectivity index (χ3n) is 3.38. The fourth-order valence-electron chi connectivity index (χ4n) is 2.38. The second-order valence-electron chi connectivity index (χ2n) is 4.90. The standard InChI is InChI=1S/C14H16FN5/c15-11-7-3-4-8-12(11)18-13-9-16-20-14(19-13)17-10-5-1-2-6-10/h3-4,7-10H,1-2,5-6H2,(H2,17,18,19,20). The monoisotopic (exact) mass is 273 g/mol. The number of rotatable bonds is 4. The molecule has 0 unspecified atom stereocenters. The van der Waals surface area contributed by atoms with Gasteiger partial charge in [0.05, 0.1) is 11.9 Å². The summed E-state index contributed by atoms with van der Waals surface area (Å²) in [7, 11) is 0. The van der Waals surface area contributed by atoms with Gasteiger partial charge in [0.25, 0.3) is 0 Å². The van der Waals surface area contributed by atoms with E-state index in [-0.39, 0.29) is 5.82 Å². The Labute approximate surface area is 116 Å². The topological polar surface area (TPSA) is 62.7 Å². The smallest absolute Gasteiger partial charge is 0.244 e. The maximum atomic E-state index is 13.6. The van der Waals surface area contributed by atoms with E-state index >= 15 is 0 Å². The van der Waals surface area contributed by atoms with Crippen molar-refractivity contribution in [2.24, 2.45) is 0 Å². The molecule has 1 heterocycles. The molecule has 0 bridgehead atoms. The lowest BCUT2D eigenvalue weighted by atomic mass is 10.3. The van der Waals surface area contributed by atoms with Crippen molar-refractivity contribution in [2.45, 2.75) is 31.7 Å². The Morgan fingerprint density at radius 2 is 1.95 bits per heavy atom. The predicted octanol–water partition coefficient (Wildman–Crippen LogP) is 3.11. The minimum atomic E-state index is -0.323. The van der Waals surface area contributed by atoms with Crippen LogP contribution < -0.4 is 10.6 Å². The van der Waals surface area contributed by atoms with E-state index in [0.29, 0.717) is 23.5 Å². The number of benzene rings is 1. The van der Waals surface area contributed by atoms with E-state index in [0.717, 1.165) is 12.8 Å². The maximum absolute atomic E-state index is 13.6. The van der Waals surface area contributed by atoms with E-state index in [4.69, 9.17) is 0 Å². The van der Waals surface area contributed by atoms with E-state index in [2.05, 4.69) is 25.8 Å². The Morgan fingerprint density at radius 3 is 2.75 bits per heavy atom. The van der Waals surface area contributed by atoms with Crippen molar-refractivity contribution in [3.8, 4) is 0 Å². The highest BCUT2D eigenvalue weighted by Gasteiger charge is 2.16. The first-order valence-electron chi connectivity index (χ1n) is 6.79. The quantitative estimate of drug-likeness (QED) is 0.896. The van der Waals surface area contributed by atoms with Gasteiger partial charge in [0, 0.05) is 6.04 Å². The number of halogens is 1. The van der Waals surface area contributed by atoms with Gasteiger partial charge in [-0.1, -0.05) is 25.0 Å². The van der Waals surface area contributed by atoms with Crippen LogP contribution in [-0.4, -0.2) is 21.2 Å².